The SMILES string of the molecule is C[C@@H]1CN(Cc2cn([C@@H]3CCCCC[C@H]3O)nn2)C[C@H](C)O1. The van der Waals surface area contributed by atoms with E-state index in [-0.39, 0.29) is 24.4 Å². The second-order valence-electron chi connectivity index (χ2n) is 6.91. The van der Waals surface area contributed by atoms with Crippen LogP contribution in [-0.4, -0.2) is 56.4 Å². The molecule has 0 unspecified atom stereocenters. The number of hydrogen-bond donors (Lipinski definition) is 1. The van der Waals surface area contributed by atoms with Gasteiger partial charge in [0.2, 0.25) is 0 Å². The van der Waals surface area contributed by atoms with E-state index in [0.29, 0.717) is 0 Å². The third kappa shape index (κ3) is 3.86. The molecule has 2 aliphatic rings. The van der Waals surface area contributed by atoms with Gasteiger partial charge in [-0.2, -0.15) is 0 Å². The molecule has 1 N–H and O–H groups in total. The van der Waals surface area contributed by atoms with E-state index >= 15 is 0 Å². The van der Waals surface area contributed by atoms with Gasteiger partial charge in [0.1, 0.15) is 0 Å². The molecule has 2 heterocycles. The van der Waals surface area contributed by atoms with Crippen molar-refractivity contribution in [2.75, 3.05) is 13.1 Å². The lowest BCUT2D eigenvalue weighted by molar-refractivity contribution is -0.0707. The van der Waals surface area contributed by atoms with E-state index in [1.54, 1.807) is 0 Å². The van der Waals surface area contributed by atoms with Gasteiger partial charge >= 0.3 is 0 Å². The number of rotatable bonds is 3. The monoisotopic (exact) mass is 308 g/mol. The van der Waals surface area contributed by atoms with Crippen LogP contribution in [0, 0.1) is 0 Å². The first kappa shape index (κ1) is 15.9. The van der Waals surface area contributed by atoms with Crippen LogP contribution in [-0.2, 0) is 11.3 Å². The highest BCUT2D eigenvalue weighted by atomic mass is 16.5. The third-order valence-corrected chi connectivity index (χ3v) is 4.72. The molecule has 124 valence electrons. The van der Waals surface area contributed by atoms with Crippen molar-refractivity contribution >= 4 is 0 Å². The molecule has 2 fully saturated rings. The van der Waals surface area contributed by atoms with E-state index in [9.17, 15) is 5.11 Å². The minimum Gasteiger partial charge on any atom is -0.391 e. The summed E-state index contributed by atoms with van der Waals surface area (Å²) >= 11 is 0. The molecule has 1 aromatic heterocycles. The second kappa shape index (κ2) is 7.06. The molecule has 1 saturated carbocycles. The summed E-state index contributed by atoms with van der Waals surface area (Å²) in [7, 11) is 0. The zero-order chi connectivity index (χ0) is 15.5. The van der Waals surface area contributed by atoms with Crippen LogP contribution in [0.3, 0.4) is 0 Å². The van der Waals surface area contributed by atoms with Crippen molar-refractivity contribution in [3.63, 3.8) is 0 Å². The Kier molecular flexibility index (Phi) is 5.10. The van der Waals surface area contributed by atoms with Crippen LogP contribution in [0.25, 0.3) is 0 Å². The van der Waals surface area contributed by atoms with Gasteiger partial charge in [0.05, 0.1) is 36.2 Å². The van der Waals surface area contributed by atoms with Crippen LogP contribution in [0.5, 0.6) is 0 Å². The van der Waals surface area contributed by atoms with Crippen LogP contribution >= 0.6 is 0 Å². The minimum absolute atomic E-state index is 0.0892. The summed E-state index contributed by atoms with van der Waals surface area (Å²) in [5.41, 5.74) is 0.984. The standard InChI is InChI=1S/C16H28N4O2/c1-12-8-19(9-13(2)22-12)10-14-11-20(18-17-14)15-6-4-3-5-7-16(15)21/h11-13,15-16,21H,3-10H2,1-2H3/t12-,13+,15-,16-/m1/s1. The molecule has 0 spiro atoms. The van der Waals surface area contributed by atoms with Gasteiger partial charge in [0.15, 0.2) is 0 Å². The summed E-state index contributed by atoms with van der Waals surface area (Å²) in [6.07, 6.45) is 7.61. The van der Waals surface area contributed by atoms with E-state index in [4.69, 9.17) is 4.74 Å². The van der Waals surface area contributed by atoms with E-state index in [1.807, 2.05) is 10.9 Å². The van der Waals surface area contributed by atoms with Gasteiger partial charge in [0, 0.05) is 19.6 Å². The normalized spacial score (nSPS) is 34.5. The van der Waals surface area contributed by atoms with Gasteiger partial charge in [-0.1, -0.05) is 24.5 Å². The molecule has 4 atom stereocenters. The first-order chi connectivity index (χ1) is 10.6. The van der Waals surface area contributed by atoms with Gasteiger partial charge in [-0.15, -0.1) is 5.10 Å². The Morgan fingerprint density at radius 3 is 2.68 bits per heavy atom. The molecular formula is C16H28N4O2. The lowest BCUT2D eigenvalue weighted by Gasteiger charge is -2.34. The van der Waals surface area contributed by atoms with E-state index in [1.165, 1.54) is 6.42 Å². The Morgan fingerprint density at radius 2 is 1.91 bits per heavy atom. The molecule has 6 nitrogen and oxygen atoms in total. The third-order valence-electron chi connectivity index (χ3n) is 4.72. The molecule has 1 aliphatic heterocycles. The van der Waals surface area contributed by atoms with Crippen molar-refractivity contribution in [1.29, 1.82) is 0 Å². The van der Waals surface area contributed by atoms with Gasteiger partial charge in [-0.3, -0.25) is 4.90 Å². The lowest BCUT2D eigenvalue weighted by Crippen LogP contribution is -2.44. The first-order valence-electron chi connectivity index (χ1n) is 8.58. The molecule has 6 heteroatoms. The summed E-state index contributed by atoms with van der Waals surface area (Å²) in [4.78, 5) is 2.37. The van der Waals surface area contributed by atoms with Crippen molar-refractivity contribution in [3.8, 4) is 0 Å². The van der Waals surface area contributed by atoms with Gasteiger partial charge in [0.25, 0.3) is 0 Å². The van der Waals surface area contributed by atoms with Crippen molar-refractivity contribution < 1.29 is 9.84 Å². The molecule has 0 aromatic carbocycles. The average molecular weight is 308 g/mol. The number of hydrogen-bond acceptors (Lipinski definition) is 5. The predicted molar refractivity (Wildman–Crippen MR) is 83.4 cm³/mol. The van der Waals surface area contributed by atoms with Crippen molar-refractivity contribution in [2.24, 2.45) is 0 Å². The molecule has 1 saturated heterocycles. The molecule has 1 aromatic rings. The van der Waals surface area contributed by atoms with Crippen molar-refractivity contribution in [1.82, 2.24) is 19.9 Å². The Morgan fingerprint density at radius 1 is 1.18 bits per heavy atom. The van der Waals surface area contributed by atoms with Gasteiger partial charge < -0.3 is 9.84 Å². The summed E-state index contributed by atoms with van der Waals surface area (Å²) < 4.78 is 7.65. The maximum absolute atomic E-state index is 10.3. The molecule has 1 aliphatic carbocycles. The molecule has 0 bridgehead atoms. The smallest absolute Gasteiger partial charge is 0.0967 e. The quantitative estimate of drug-likeness (QED) is 0.862. The van der Waals surface area contributed by atoms with Crippen LogP contribution < -0.4 is 0 Å². The fraction of sp³-hybridized carbons (Fsp3) is 0.875. The summed E-state index contributed by atoms with van der Waals surface area (Å²) in [5.74, 6) is 0. The number of aromatic nitrogens is 3. The Balaban J connectivity index is 1.63. The summed E-state index contributed by atoms with van der Waals surface area (Å²) in [5, 5.41) is 18.9. The number of aliphatic hydroxyl groups excluding tert-OH is 1. The second-order valence-corrected chi connectivity index (χ2v) is 6.91. The largest absolute Gasteiger partial charge is 0.391 e. The molecular weight excluding hydrogens is 280 g/mol. The van der Waals surface area contributed by atoms with Gasteiger partial charge in [-0.25, -0.2) is 4.68 Å². The van der Waals surface area contributed by atoms with Crippen LogP contribution in [0.2, 0.25) is 0 Å². The number of ether oxygens (including phenoxy) is 1. The molecule has 3 rings (SSSR count). The zero-order valence-electron chi connectivity index (χ0n) is 13.7. The molecule has 22 heavy (non-hydrogen) atoms. The highest BCUT2D eigenvalue weighted by Crippen LogP contribution is 2.27. The Bertz CT molecular complexity index is 468. The van der Waals surface area contributed by atoms with E-state index in [2.05, 4.69) is 29.1 Å². The highest BCUT2D eigenvalue weighted by Gasteiger charge is 2.26. The maximum atomic E-state index is 10.3. The van der Waals surface area contributed by atoms with Crippen LogP contribution in [0.15, 0.2) is 6.20 Å². The first-order valence-corrected chi connectivity index (χ1v) is 8.58. The van der Waals surface area contributed by atoms with Crippen molar-refractivity contribution in [2.45, 2.75) is 76.9 Å². The predicted octanol–water partition coefficient (Wildman–Crippen LogP) is 1.75. The van der Waals surface area contributed by atoms with Crippen molar-refractivity contribution in [3.05, 3.63) is 11.9 Å². The van der Waals surface area contributed by atoms with E-state index in [0.717, 1.165) is 51.0 Å². The van der Waals surface area contributed by atoms with Gasteiger partial charge in [-0.05, 0) is 26.7 Å². The maximum Gasteiger partial charge on any atom is 0.0967 e. The molecule has 0 radical (unpaired) electrons. The topological polar surface area (TPSA) is 63.4 Å². The number of morpholine rings is 1. The Hall–Kier alpha value is -0.980. The van der Waals surface area contributed by atoms with Crippen LogP contribution in [0.4, 0.5) is 0 Å². The summed E-state index contributed by atoms with van der Waals surface area (Å²) in [6.45, 7) is 6.90. The van der Waals surface area contributed by atoms with E-state index < -0.39 is 0 Å². The van der Waals surface area contributed by atoms with Crippen LogP contribution in [0.1, 0.15) is 57.7 Å². The summed E-state index contributed by atoms with van der Waals surface area (Å²) in [6, 6.07) is 0.0892. The minimum atomic E-state index is -0.291. The fourth-order valence-corrected chi connectivity index (χ4v) is 3.77. The lowest BCUT2D eigenvalue weighted by atomic mass is 10.1. The number of nitrogens with zero attached hydrogens (tertiary/aromatic N) is 4. The highest BCUT2D eigenvalue weighted by molar-refractivity contribution is 4.95. The zero-order valence-corrected chi connectivity index (χ0v) is 13.7. The average Bonchev–Trinajstić information content (AvgIpc) is 2.78. The molecule has 0 amide bonds. The Labute approximate surface area is 132 Å². The fourth-order valence-electron chi connectivity index (χ4n) is 3.77. The number of aliphatic hydroxyl groups is 1.